The van der Waals surface area contributed by atoms with E-state index in [9.17, 15) is 23.5 Å². The first kappa shape index (κ1) is 24.1. The summed E-state index contributed by atoms with van der Waals surface area (Å²) in [7, 11) is 0. The van der Waals surface area contributed by atoms with Gasteiger partial charge in [0.05, 0.1) is 23.9 Å². The summed E-state index contributed by atoms with van der Waals surface area (Å²) in [5.74, 6) is -3.16. The maximum Gasteiger partial charge on any atom is 0.300 e. The van der Waals surface area contributed by atoms with Gasteiger partial charge in [-0.3, -0.25) is 14.5 Å². The van der Waals surface area contributed by atoms with Crippen LogP contribution in [-0.2, 0) is 9.59 Å². The molecular formula is C28H25F2NO4. The van der Waals surface area contributed by atoms with Gasteiger partial charge in [0, 0.05) is 11.6 Å². The summed E-state index contributed by atoms with van der Waals surface area (Å²) >= 11 is 0. The average molecular weight is 478 g/mol. The summed E-state index contributed by atoms with van der Waals surface area (Å²) in [4.78, 5) is 27.2. The molecule has 1 aliphatic rings. The van der Waals surface area contributed by atoms with E-state index in [0.717, 1.165) is 28.7 Å². The fourth-order valence-electron chi connectivity index (χ4n) is 4.03. The molecule has 4 rings (SSSR count). The van der Waals surface area contributed by atoms with Gasteiger partial charge in [-0.05, 0) is 54.8 Å². The Labute approximate surface area is 202 Å². The zero-order valence-electron chi connectivity index (χ0n) is 19.6. The number of nitrogens with zero attached hydrogens (tertiary/aromatic N) is 1. The van der Waals surface area contributed by atoms with E-state index in [-0.39, 0.29) is 16.8 Å². The molecule has 1 fully saturated rings. The lowest BCUT2D eigenvalue weighted by Crippen LogP contribution is -2.30. The second-order valence-corrected chi connectivity index (χ2v) is 8.91. The van der Waals surface area contributed by atoms with Crippen LogP contribution >= 0.6 is 0 Å². The van der Waals surface area contributed by atoms with E-state index in [1.165, 1.54) is 0 Å². The van der Waals surface area contributed by atoms with Crippen molar-refractivity contribution in [1.82, 2.24) is 0 Å². The number of rotatable bonds is 6. The number of amides is 1. The van der Waals surface area contributed by atoms with Crippen LogP contribution in [-0.4, -0.2) is 23.4 Å². The van der Waals surface area contributed by atoms with Crippen LogP contribution in [0.3, 0.4) is 0 Å². The molecular weight excluding hydrogens is 452 g/mol. The topological polar surface area (TPSA) is 66.8 Å². The summed E-state index contributed by atoms with van der Waals surface area (Å²) < 4.78 is 34.4. The minimum atomic E-state index is -1.15. The summed E-state index contributed by atoms with van der Waals surface area (Å²) in [5, 5.41) is 11.2. The van der Waals surface area contributed by atoms with E-state index < -0.39 is 35.1 Å². The van der Waals surface area contributed by atoms with E-state index in [4.69, 9.17) is 4.74 Å². The van der Waals surface area contributed by atoms with Crippen molar-refractivity contribution in [2.75, 3.05) is 11.5 Å². The monoisotopic (exact) mass is 477 g/mol. The molecule has 1 amide bonds. The molecule has 0 spiro atoms. The zero-order chi connectivity index (χ0) is 25.3. The molecule has 0 radical (unpaired) electrons. The van der Waals surface area contributed by atoms with Crippen molar-refractivity contribution < 1.29 is 28.2 Å². The summed E-state index contributed by atoms with van der Waals surface area (Å²) in [6, 6.07) is 15.0. The van der Waals surface area contributed by atoms with Gasteiger partial charge in [-0.25, -0.2) is 8.78 Å². The number of ether oxygens (including phenoxy) is 1. The molecule has 0 aliphatic carbocycles. The number of anilines is 1. The van der Waals surface area contributed by atoms with Crippen molar-refractivity contribution >= 4 is 23.1 Å². The molecule has 0 bridgehead atoms. The number of aryl methyl sites for hydroxylation is 1. The molecule has 1 saturated heterocycles. The predicted octanol–water partition coefficient (Wildman–Crippen LogP) is 5.93. The van der Waals surface area contributed by atoms with Crippen LogP contribution in [0.15, 0.2) is 72.3 Å². The second-order valence-electron chi connectivity index (χ2n) is 8.91. The number of aliphatic hydroxyl groups is 1. The van der Waals surface area contributed by atoms with Gasteiger partial charge in [-0.2, -0.15) is 0 Å². The fourth-order valence-corrected chi connectivity index (χ4v) is 4.03. The third kappa shape index (κ3) is 4.80. The number of carbonyl (C=O) groups is 2. The number of hydrogen-bond acceptors (Lipinski definition) is 4. The summed E-state index contributed by atoms with van der Waals surface area (Å²) in [6.45, 7) is 6.38. The Hall–Kier alpha value is -4.00. The van der Waals surface area contributed by atoms with E-state index in [0.29, 0.717) is 23.8 Å². The Morgan fingerprint density at radius 1 is 1.03 bits per heavy atom. The summed E-state index contributed by atoms with van der Waals surface area (Å²) in [5.41, 5.74) is 1.01. The Morgan fingerprint density at radius 3 is 2.40 bits per heavy atom. The highest BCUT2D eigenvalue weighted by Gasteiger charge is 2.47. The third-order valence-corrected chi connectivity index (χ3v) is 5.68. The first-order chi connectivity index (χ1) is 16.7. The minimum Gasteiger partial charge on any atom is -0.507 e. The number of halogens is 2. The normalized spacial score (nSPS) is 17.3. The van der Waals surface area contributed by atoms with Gasteiger partial charge < -0.3 is 9.84 Å². The Morgan fingerprint density at radius 2 is 1.74 bits per heavy atom. The molecule has 0 saturated carbocycles. The van der Waals surface area contributed by atoms with Crippen LogP contribution in [0.4, 0.5) is 14.5 Å². The Bertz CT molecular complexity index is 1310. The lowest BCUT2D eigenvalue weighted by molar-refractivity contribution is -0.132. The van der Waals surface area contributed by atoms with Crippen LogP contribution in [0.25, 0.3) is 5.76 Å². The summed E-state index contributed by atoms with van der Waals surface area (Å²) in [6.07, 6.45) is 0. The highest BCUT2D eigenvalue weighted by Crippen LogP contribution is 2.43. The van der Waals surface area contributed by atoms with Gasteiger partial charge in [0.25, 0.3) is 11.7 Å². The fraction of sp³-hybridized carbons (Fsp3) is 0.214. The highest BCUT2D eigenvalue weighted by atomic mass is 19.1. The largest absolute Gasteiger partial charge is 0.507 e. The van der Waals surface area contributed by atoms with Crippen molar-refractivity contribution in [2.24, 2.45) is 5.92 Å². The molecule has 3 aromatic carbocycles. The molecule has 1 aliphatic heterocycles. The number of carbonyl (C=O) groups excluding carboxylic acids is 2. The van der Waals surface area contributed by atoms with Crippen LogP contribution in [0.2, 0.25) is 0 Å². The smallest absolute Gasteiger partial charge is 0.300 e. The van der Waals surface area contributed by atoms with Crippen LogP contribution in [0.1, 0.15) is 36.6 Å². The lowest BCUT2D eigenvalue weighted by atomic mass is 9.94. The number of aliphatic hydroxyl groups excluding tert-OH is 1. The molecule has 1 heterocycles. The van der Waals surface area contributed by atoms with Crippen molar-refractivity contribution in [2.45, 2.75) is 26.8 Å². The molecule has 1 atom stereocenters. The van der Waals surface area contributed by atoms with Gasteiger partial charge in [0.15, 0.2) is 0 Å². The molecule has 5 nitrogen and oxygen atoms in total. The Balaban J connectivity index is 1.86. The van der Waals surface area contributed by atoms with E-state index in [2.05, 4.69) is 0 Å². The zero-order valence-corrected chi connectivity index (χ0v) is 19.6. The van der Waals surface area contributed by atoms with Crippen LogP contribution in [0.5, 0.6) is 5.75 Å². The molecule has 7 heteroatoms. The van der Waals surface area contributed by atoms with Crippen LogP contribution < -0.4 is 9.64 Å². The average Bonchev–Trinajstić information content (AvgIpc) is 3.09. The van der Waals surface area contributed by atoms with Gasteiger partial charge in [-0.1, -0.05) is 43.7 Å². The molecule has 35 heavy (non-hydrogen) atoms. The van der Waals surface area contributed by atoms with E-state index in [1.54, 1.807) is 42.5 Å². The van der Waals surface area contributed by atoms with Crippen molar-refractivity contribution in [1.29, 1.82) is 0 Å². The van der Waals surface area contributed by atoms with Crippen molar-refractivity contribution in [3.8, 4) is 5.75 Å². The van der Waals surface area contributed by atoms with E-state index >= 15 is 0 Å². The SMILES string of the molecule is Cc1cccc(C2/C(=C(\O)c3ccc(OCC(C)C)cc3)C(=O)C(=O)N2c2cc(F)ccc2F)c1. The maximum absolute atomic E-state index is 14.8. The molecule has 180 valence electrons. The van der Waals surface area contributed by atoms with Gasteiger partial charge in [-0.15, -0.1) is 0 Å². The minimum absolute atomic E-state index is 0.208. The molecule has 1 unspecified atom stereocenters. The third-order valence-electron chi connectivity index (χ3n) is 5.68. The number of hydrogen-bond donors (Lipinski definition) is 1. The number of ketones is 1. The number of Topliss-reactive ketones (excluding diaryl/α,β-unsaturated/α-hetero) is 1. The first-order valence-corrected chi connectivity index (χ1v) is 11.2. The molecule has 1 N–H and O–H groups in total. The second kappa shape index (κ2) is 9.70. The van der Waals surface area contributed by atoms with Crippen molar-refractivity contribution in [3.63, 3.8) is 0 Å². The van der Waals surface area contributed by atoms with Gasteiger partial charge in [0.1, 0.15) is 23.1 Å². The standard InChI is InChI=1S/C28H25F2NO4/c1-16(2)15-35-21-10-7-18(8-11-21)26(32)24-25(19-6-4-5-17(3)13-19)31(28(34)27(24)33)23-14-20(29)9-12-22(23)30/h4-14,16,25,32H,15H2,1-3H3/b26-24+. The van der Waals surface area contributed by atoms with Gasteiger partial charge >= 0.3 is 0 Å². The maximum atomic E-state index is 14.8. The predicted molar refractivity (Wildman–Crippen MR) is 129 cm³/mol. The first-order valence-electron chi connectivity index (χ1n) is 11.2. The molecule has 0 aromatic heterocycles. The Kier molecular flexibility index (Phi) is 6.69. The highest BCUT2D eigenvalue weighted by molar-refractivity contribution is 6.51. The van der Waals surface area contributed by atoms with Crippen molar-refractivity contribution in [3.05, 3.63) is 101 Å². The van der Waals surface area contributed by atoms with E-state index in [1.807, 2.05) is 26.8 Å². The number of benzene rings is 3. The quantitative estimate of drug-likeness (QED) is 0.271. The molecule has 3 aromatic rings. The lowest BCUT2D eigenvalue weighted by Gasteiger charge is -2.26. The van der Waals surface area contributed by atoms with Gasteiger partial charge in [0.2, 0.25) is 0 Å². The van der Waals surface area contributed by atoms with Crippen LogP contribution in [0, 0.1) is 24.5 Å².